The molecule has 0 aliphatic carbocycles. The van der Waals surface area contributed by atoms with Crippen LogP contribution in [0.1, 0.15) is 32.4 Å². The third-order valence-electron chi connectivity index (χ3n) is 4.16. The molecular formula is C18H27N3OS2. The van der Waals surface area contributed by atoms with E-state index in [1.165, 1.54) is 24.3 Å². The van der Waals surface area contributed by atoms with Crippen LogP contribution >= 0.6 is 22.7 Å². The molecule has 6 heteroatoms. The lowest BCUT2D eigenvalue weighted by Crippen LogP contribution is -2.45. The quantitative estimate of drug-likeness (QED) is 0.721. The molecule has 132 valence electrons. The minimum absolute atomic E-state index is 0.370. The normalized spacial score (nSPS) is 22.1. The van der Waals surface area contributed by atoms with E-state index in [-0.39, 0.29) is 0 Å². The number of morpholine rings is 1. The van der Waals surface area contributed by atoms with Crippen LogP contribution in [-0.2, 0) is 11.3 Å². The van der Waals surface area contributed by atoms with Crippen LogP contribution in [0.5, 0.6) is 0 Å². The first-order valence-corrected chi connectivity index (χ1v) is 10.5. The molecule has 2 aromatic rings. The average Bonchev–Trinajstić information content (AvgIpc) is 3.20. The number of hydrogen-bond donors (Lipinski definition) is 1. The zero-order chi connectivity index (χ0) is 16.8. The van der Waals surface area contributed by atoms with Crippen molar-refractivity contribution >= 4 is 22.7 Å². The van der Waals surface area contributed by atoms with Gasteiger partial charge in [0.1, 0.15) is 5.01 Å². The average molecular weight is 366 g/mol. The van der Waals surface area contributed by atoms with Crippen molar-refractivity contribution in [2.45, 2.75) is 45.4 Å². The van der Waals surface area contributed by atoms with E-state index >= 15 is 0 Å². The van der Waals surface area contributed by atoms with Crippen molar-refractivity contribution in [3.8, 4) is 9.88 Å². The molecule has 0 spiro atoms. The minimum atomic E-state index is 0.370. The Bertz CT molecular complexity index is 589. The zero-order valence-electron chi connectivity index (χ0n) is 14.5. The fraction of sp³-hybridized carbons (Fsp3) is 0.611. The van der Waals surface area contributed by atoms with Gasteiger partial charge in [0.15, 0.2) is 0 Å². The van der Waals surface area contributed by atoms with E-state index < -0.39 is 0 Å². The van der Waals surface area contributed by atoms with E-state index in [1.807, 2.05) is 0 Å². The van der Waals surface area contributed by atoms with Crippen LogP contribution in [0.3, 0.4) is 0 Å². The SMILES string of the molecule is CC1CN(CCCCNCc2csc(-c3cccs3)n2)CC(C)O1. The largest absolute Gasteiger partial charge is 0.373 e. The molecule has 1 aliphatic heterocycles. The van der Waals surface area contributed by atoms with Gasteiger partial charge in [0.2, 0.25) is 0 Å². The monoisotopic (exact) mass is 365 g/mol. The van der Waals surface area contributed by atoms with Gasteiger partial charge in [0.25, 0.3) is 0 Å². The van der Waals surface area contributed by atoms with Gasteiger partial charge in [-0.05, 0) is 51.2 Å². The van der Waals surface area contributed by atoms with Gasteiger partial charge in [-0.2, -0.15) is 0 Å². The number of thiazole rings is 1. The summed E-state index contributed by atoms with van der Waals surface area (Å²) in [5, 5.41) is 8.92. The lowest BCUT2D eigenvalue weighted by molar-refractivity contribution is -0.0681. The standard InChI is InChI=1S/C18H27N3OS2/c1-14-11-21(12-15(2)22-14)8-4-3-7-19-10-16-13-24-18(20-16)17-6-5-9-23-17/h5-6,9,13-15,19H,3-4,7-8,10-12H2,1-2H3. The smallest absolute Gasteiger partial charge is 0.133 e. The van der Waals surface area contributed by atoms with Gasteiger partial charge < -0.3 is 10.1 Å². The number of thiophene rings is 1. The minimum Gasteiger partial charge on any atom is -0.373 e. The summed E-state index contributed by atoms with van der Waals surface area (Å²) in [6.07, 6.45) is 3.19. The van der Waals surface area contributed by atoms with Crippen LogP contribution in [0, 0.1) is 0 Å². The second kappa shape index (κ2) is 9.06. The van der Waals surface area contributed by atoms with Crippen LogP contribution in [0.4, 0.5) is 0 Å². The molecule has 1 aliphatic rings. The van der Waals surface area contributed by atoms with Crippen LogP contribution in [-0.4, -0.2) is 48.3 Å². The fourth-order valence-electron chi connectivity index (χ4n) is 3.17. The fourth-order valence-corrected chi connectivity index (χ4v) is 4.80. The summed E-state index contributed by atoms with van der Waals surface area (Å²) in [6, 6.07) is 4.21. The molecule has 2 unspecified atom stereocenters. The van der Waals surface area contributed by atoms with E-state index in [0.29, 0.717) is 12.2 Å². The Kier molecular flexibility index (Phi) is 6.80. The highest BCUT2D eigenvalue weighted by atomic mass is 32.1. The van der Waals surface area contributed by atoms with Crippen LogP contribution < -0.4 is 5.32 Å². The zero-order valence-corrected chi connectivity index (χ0v) is 16.2. The number of aromatic nitrogens is 1. The maximum Gasteiger partial charge on any atom is 0.133 e. The topological polar surface area (TPSA) is 37.4 Å². The predicted molar refractivity (Wildman–Crippen MR) is 103 cm³/mol. The Hall–Kier alpha value is -0.790. The molecule has 0 bridgehead atoms. The van der Waals surface area contributed by atoms with Crippen molar-refractivity contribution in [3.05, 3.63) is 28.6 Å². The molecule has 0 saturated carbocycles. The highest BCUT2D eigenvalue weighted by molar-refractivity contribution is 7.20. The predicted octanol–water partition coefficient (Wildman–Crippen LogP) is 3.85. The second-order valence-electron chi connectivity index (χ2n) is 6.52. The van der Waals surface area contributed by atoms with E-state index in [4.69, 9.17) is 9.72 Å². The van der Waals surface area contributed by atoms with Gasteiger partial charge in [0, 0.05) is 25.0 Å². The van der Waals surface area contributed by atoms with Crippen molar-refractivity contribution in [1.82, 2.24) is 15.2 Å². The third kappa shape index (κ3) is 5.36. The van der Waals surface area contributed by atoms with Gasteiger partial charge in [-0.25, -0.2) is 4.98 Å². The number of hydrogen-bond acceptors (Lipinski definition) is 6. The number of rotatable bonds is 8. The van der Waals surface area contributed by atoms with Crippen LogP contribution in [0.15, 0.2) is 22.9 Å². The van der Waals surface area contributed by atoms with Crippen molar-refractivity contribution in [1.29, 1.82) is 0 Å². The molecular weight excluding hydrogens is 338 g/mol. The molecule has 3 rings (SSSR count). The Labute approximate surface area is 152 Å². The number of ether oxygens (including phenoxy) is 1. The van der Waals surface area contributed by atoms with Gasteiger partial charge >= 0.3 is 0 Å². The van der Waals surface area contributed by atoms with Crippen molar-refractivity contribution < 1.29 is 4.74 Å². The molecule has 1 N–H and O–H groups in total. The molecule has 24 heavy (non-hydrogen) atoms. The van der Waals surface area contributed by atoms with Gasteiger partial charge in [-0.3, -0.25) is 4.90 Å². The molecule has 4 nitrogen and oxygen atoms in total. The number of nitrogens with zero attached hydrogens (tertiary/aromatic N) is 2. The summed E-state index contributed by atoms with van der Waals surface area (Å²) in [7, 11) is 0. The summed E-state index contributed by atoms with van der Waals surface area (Å²) >= 11 is 3.49. The second-order valence-corrected chi connectivity index (χ2v) is 8.33. The molecule has 2 atom stereocenters. The van der Waals surface area contributed by atoms with Gasteiger partial charge in [-0.15, -0.1) is 22.7 Å². The molecule has 0 amide bonds. The van der Waals surface area contributed by atoms with E-state index in [2.05, 4.69) is 47.0 Å². The van der Waals surface area contributed by atoms with Crippen molar-refractivity contribution in [3.63, 3.8) is 0 Å². The Morgan fingerprint density at radius 2 is 2.08 bits per heavy atom. The first kappa shape index (κ1) is 18.0. The molecule has 1 fully saturated rings. The maximum atomic E-state index is 5.78. The summed E-state index contributed by atoms with van der Waals surface area (Å²) in [5.41, 5.74) is 1.15. The Morgan fingerprint density at radius 1 is 1.25 bits per heavy atom. The van der Waals surface area contributed by atoms with E-state index in [9.17, 15) is 0 Å². The third-order valence-corrected chi connectivity index (χ3v) is 6.09. The van der Waals surface area contributed by atoms with E-state index in [0.717, 1.165) is 36.9 Å². The molecule has 0 radical (unpaired) electrons. The lowest BCUT2D eigenvalue weighted by Gasteiger charge is -2.35. The number of unbranched alkanes of at least 4 members (excludes halogenated alkanes) is 1. The van der Waals surface area contributed by atoms with Crippen molar-refractivity contribution in [2.24, 2.45) is 0 Å². The Morgan fingerprint density at radius 3 is 2.83 bits per heavy atom. The highest BCUT2D eigenvalue weighted by Crippen LogP contribution is 2.27. The first-order valence-electron chi connectivity index (χ1n) is 8.77. The summed E-state index contributed by atoms with van der Waals surface area (Å²) in [6.45, 7) is 9.59. The van der Waals surface area contributed by atoms with Gasteiger partial charge in [-0.1, -0.05) is 6.07 Å². The molecule has 2 aromatic heterocycles. The molecule has 3 heterocycles. The Balaban J connectivity index is 1.29. The maximum absolute atomic E-state index is 5.78. The first-order chi connectivity index (χ1) is 11.7. The lowest BCUT2D eigenvalue weighted by atomic mass is 10.2. The van der Waals surface area contributed by atoms with Crippen LogP contribution in [0.25, 0.3) is 9.88 Å². The molecule has 0 aromatic carbocycles. The van der Waals surface area contributed by atoms with Crippen LogP contribution in [0.2, 0.25) is 0 Å². The summed E-state index contributed by atoms with van der Waals surface area (Å²) in [5.74, 6) is 0. The number of nitrogens with one attached hydrogen (secondary N) is 1. The van der Waals surface area contributed by atoms with Crippen molar-refractivity contribution in [2.75, 3.05) is 26.2 Å². The summed E-state index contributed by atoms with van der Waals surface area (Å²) < 4.78 is 5.78. The molecule has 1 saturated heterocycles. The highest BCUT2D eigenvalue weighted by Gasteiger charge is 2.21. The van der Waals surface area contributed by atoms with Gasteiger partial charge in [0.05, 0.1) is 22.8 Å². The summed E-state index contributed by atoms with van der Waals surface area (Å²) in [4.78, 5) is 8.50. The van der Waals surface area contributed by atoms with E-state index in [1.54, 1.807) is 22.7 Å².